The summed E-state index contributed by atoms with van der Waals surface area (Å²) in [6.45, 7) is 4.15. The minimum Gasteiger partial charge on any atom is -0.478 e. The van der Waals surface area contributed by atoms with Crippen LogP contribution >= 0.6 is 11.3 Å². The monoisotopic (exact) mass is 236 g/mol. The molecule has 1 N–H and O–H groups in total. The number of nitrogens with zero attached hydrogens (tertiary/aromatic N) is 2. The second-order valence-corrected chi connectivity index (χ2v) is 4.62. The molecule has 0 aliphatic carbocycles. The van der Waals surface area contributed by atoms with Gasteiger partial charge in [0.05, 0.1) is 17.9 Å². The van der Waals surface area contributed by atoms with E-state index in [0.717, 1.165) is 0 Å². The molecule has 0 aliphatic rings. The first-order valence-electron chi connectivity index (χ1n) is 4.89. The number of carboxylic acid groups (broad SMARTS) is 1. The van der Waals surface area contributed by atoms with E-state index in [4.69, 9.17) is 5.11 Å². The van der Waals surface area contributed by atoms with Crippen molar-refractivity contribution in [1.82, 2.24) is 9.78 Å². The van der Waals surface area contributed by atoms with Crippen LogP contribution in [-0.2, 0) is 6.54 Å². The Kier molecular flexibility index (Phi) is 2.78. The van der Waals surface area contributed by atoms with Crippen LogP contribution in [0.25, 0.3) is 0 Å². The quantitative estimate of drug-likeness (QED) is 0.889. The van der Waals surface area contributed by atoms with Crippen LogP contribution in [0.5, 0.6) is 0 Å². The molecule has 84 valence electrons. The van der Waals surface area contributed by atoms with Gasteiger partial charge in [-0.15, -0.1) is 11.3 Å². The summed E-state index contributed by atoms with van der Waals surface area (Å²) in [6.07, 6.45) is 0. The minimum atomic E-state index is -0.910. The predicted molar refractivity (Wildman–Crippen MR) is 62.1 cm³/mol. The van der Waals surface area contributed by atoms with Gasteiger partial charge in [-0.2, -0.15) is 5.10 Å². The smallest absolute Gasteiger partial charge is 0.339 e. The van der Waals surface area contributed by atoms with Crippen molar-refractivity contribution in [3.63, 3.8) is 0 Å². The summed E-state index contributed by atoms with van der Waals surface area (Å²) in [5, 5.41) is 15.3. The minimum absolute atomic E-state index is 0.316. The van der Waals surface area contributed by atoms with E-state index < -0.39 is 5.97 Å². The van der Waals surface area contributed by atoms with Crippen molar-refractivity contribution in [2.45, 2.75) is 20.4 Å². The van der Waals surface area contributed by atoms with Crippen LogP contribution in [0.15, 0.2) is 17.5 Å². The van der Waals surface area contributed by atoms with Gasteiger partial charge in [0.15, 0.2) is 0 Å². The van der Waals surface area contributed by atoms with E-state index in [0.29, 0.717) is 23.5 Å². The molecule has 4 nitrogen and oxygen atoms in total. The summed E-state index contributed by atoms with van der Waals surface area (Å²) in [5.41, 5.74) is 1.59. The standard InChI is InChI=1S/C11H12N2O2S/c1-7-10(11(14)15)8(2)13(12-7)6-9-4-3-5-16-9/h3-5H,6H2,1-2H3,(H,14,15). The SMILES string of the molecule is Cc1nn(Cc2cccs2)c(C)c1C(=O)O. The van der Waals surface area contributed by atoms with Crippen LogP contribution in [0.3, 0.4) is 0 Å². The van der Waals surface area contributed by atoms with E-state index in [9.17, 15) is 4.79 Å². The summed E-state index contributed by atoms with van der Waals surface area (Å²) < 4.78 is 1.74. The van der Waals surface area contributed by atoms with Crippen molar-refractivity contribution in [2.75, 3.05) is 0 Å². The third-order valence-corrected chi connectivity index (χ3v) is 3.34. The van der Waals surface area contributed by atoms with Gasteiger partial charge in [-0.05, 0) is 25.3 Å². The molecular weight excluding hydrogens is 224 g/mol. The normalized spacial score (nSPS) is 10.6. The van der Waals surface area contributed by atoms with Gasteiger partial charge in [0.2, 0.25) is 0 Å². The van der Waals surface area contributed by atoms with Gasteiger partial charge in [-0.3, -0.25) is 4.68 Å². The number of rotatable bonds is 3. The molecule has 0 radical (unpaired) electrons. The number of hydrogen-bond donors (Lipinski definition) is 1. The molecule has 0 amide bonds. The highest BCUT2D eigenvalue weighted by atomic mass is 32.1. The van der Waals surface area contributed by atoms with E-state index in [1.54, 1.807) is 29.9 Å². The third-order valence-electron chi connectivity index (χ3n) is 2.48. The third kappa shape index (κ3) is 1.86. The lowest BCUT2D eigenvalue weighted by Gasteiger charge is -2.01. The number of hydrogen-bond acceptors (Lipinski definition) is 3. The lowest BCUT2D eigenvalue weighted by molar-refractivity contribution is 0.0695. The molecule has 0 saturated heterocycles. The maximum atomic E-state index is 11.0. The summed E-state index contributed by atoms with van der Waals surface area (Å²) >= 11 is 1.64. The molecule has 2 heterocycles. The first-order chi connectivity index (χ1) is 7.59. The molecule has 16 heavy (non-hydrogen) atoms. The Morgan fingerprint density at radius 1 is 1.56 bits per heavy atom. The Morgan fingerprint density at radius 2 is 2.31 bits per heavy atom. The highest BCUT2D eigenvalue weighted by molar-refractivity contribution is 7.09. The van der Waals surface area contributed by atoms with Crippen molar-refractivity contribution >= 4 is 17.3 Å². The Labute approximate surface area is 97.2 Å². The van der Waals surface area contributed by atoms with Crippen LogP contribution in [0, 0.1) is 13.8 Å². The van der Waals surface area contributed by atoms with Crippen LogP contribution in [0.4, 0.5) is 0 Å². The topological polar surface area (TPSA) is 55.1 Å². The largest absolute Gasteiger partial charge is 0.478 e. The van der Waals surface area contributed by atoms with Gasteiger partial charge in [-0.25, -0.2) is 4.79 Å². The Hall–Kier alpha value is -1.62. The Morgan fingerprint density at radius 3 is 2.81 bits per heavy atom. The average molecular weight is 236 g/mol. The van der Waals surface area contributed by atoms with Crippen LogP contribution < -0.4 is 0 Å². The summed E-state index contributed by atoms with van der Waals surface area (Å²) in [6, 6.07) is 3.99. The van der Waals surface area contributed by atoms with Crippen LogP contribution in [-0.4, -0.2) is 20.9 Å². The molecular formula is C11H12N2O2S. The molecule has 5 heteroatoms. The maximum absolute atomic E-state index is 11.0. The Bertz CT molecular complexity index is 514. The van der Waals surface area contributed by atoms with Gasteiger partial charge in [0, 0.05) is 4.88 Å². The molecule has 0 atom stereocenters. The van der Waals surface area contributed by atoms with E-state index in [1.807, 2.05) is 17.5 Å². The van der Waals surface area contributed by atoms with E-state index in [-0.39, 0.29) is 0 Å². The number of aryl methyl sites for hydroxylation is 1. The zero-order valence-electron chi connectivity index (χ0n) is 9.10. The average Bonchev–Trinajstić information content (AvgIpc) is 2.76. The zero-order valence-corrected chi connectivity index (χ0v) is 9.91. The highest BCUT2D eigenvalue weighted by Gasteiger charge is 2.17. The predicted octanol–water partition coefficient (Wildman–Crippen LogP) is 2.31. The fourth-order valence-corrected chi connectivity index (χ4v) is 2.40. The molecule has 0 saturated carbocycles. The van der Waals surface area contributed by atoms with Crippen LogP contribution in [0.2, 0.25) is 0 Å². The van der Waals surface area contributed by atoms with Gasteiger partial charge >= 0.3 is 5.97 Å². The van der Waals surface area contributed by atoms with E-state index in [1.165, 1.54) is 4.88 Å². The van der Waals surface area contributed by atoms with Crippen molar-refractivity contribution in [3.8, 4) is 0 Å². The summed E-state index contributed by atoms with van der Waals surface area (Å²) in [7, 11) is 0. The van der Waals surface area contributed by atoms with Gasteiger partial charge in [0.1, 0.15) is 5.56 Å². The number of thiophene rings is 1. The molecule has 0 unspecified atom stereocenters. The first kappa shape index (κ1) is 10.9. The van der Waals surface area contributed by atoms with Gasteiger partial charge in [0.25, 0.3) is 0 Å². The summed E-state index contributed by atoms with van der Waals surface area (Å²) in [5.74, 6) is -0.910. The molecule has 2 aromatic heterocycles. The van der Waals surface area contributed by atoms with Crippen molar-refractivity contribution in [1.29, 1.82) is 0 Å². The zero-order chi connectivity index (χ0) is 11.7. The van der Waals surface area contributed by atoms with Crippen molar-refractivity contribution < 1.29 is 9.90 Å². The fourth-order valence-electron chi connectivity index (χ4n) is 1.71. The van der Waals surface area contributed by atoms with Gasteiger partial charge < -0.3 is 5.11 Å². The molecule has 2 aromatic rings. The molecule has 0 spiro atoms. The van der Waals surface area contributed by atoms with Crippen LogP contribution in [0.1, 0.15) is 26.6 Å². The molecule has 0 fully saturated rings. The molecule has 0 aliphatic heterocycles. The van der Waals surface area contributed by atoms with E-state index >= 15 is 0 Å². The number of aromatic nitrogens is 2. The lowest BCUT2D eigenvalue weighted by Crippen LogP contribution is -2.04. The maximum Gasteiger partial charge on any atom is 0.339 e. The second-order valence-electron chi connectivity index (χ2n) is 3.59. The summed E-state index contributed by atoms with van der Waals surface area (Å²) in [4.78, 5) is 12.2. The molecule has 2 rings (SSSR count). The van der Waals surface area contributed by atoms with E-state index in [2.05, 4.69) is 5.10 Å². The van der Waals surface area contributed by atoms with Crippen molar-refractivity contribution in [2.24, 2.45) is 0 Å². The fraction of sp³-hybridized carbons (Fsp3) is 0.273. The molecule has 0 bridgehead atoms. The molecule has 0 aromatic carbocycles. The highest BCUT2D eigenvalue weighted by Crippen LogP contribution is 2.16. The van der Waals surface area contributed by atoms with Crippen molar-refractivity contribution in [3.05, 3.63) is 39.3 Å². The lowest BCUT2D eigenvalue weighted by atomic mass is 10.2. The van der Waals surface area contributed by atoms with Gasteiger partial charge in [-0.1, -0.05) is 6.07 Å². The Balaban J connectivity index is 2.36. The number of aromatic carboxylic acids is 1. The first-order valence-corrected chi connectivity index (χ1v) is 5.77. The number of carbonyl (C=O) groups is 1. The second kappa shape index (κ2) is 4.09. The number of carboxylic acids is 1.